The van der Waals surface area contributed by atoms with Gasteiger partial charge in [-0.2, -0.15) is 0 Å². The van der Waals surface area contributed by atoms with E-state index in [1.54, 1.807) is 0 Å². The molecule has 2 saturated heterocycles. The van der Waals surface area contributed by atoms with Gasteiger partial charge in [-0.15, -0.1) is 0 Å². The fourth-order valence-corrected chi connectivity index (χ4v) is 13.2. The average molecular weight is 1430 g/mol. The molecule has 0 spiro atoms. The molecule has 588 valence electrons. The third-order valence-corrected chi connectivity index (χ3v) is 19.7. The fourth-order valence-electron chi connectivity index (χ4n) is 13.2. The highest BCUT2D eigenvalue weighted by molar-refractivity contribution is 5.76. The highest BCUT2D eigenvalue weighted by Gasteiger charge is 2.51. The van der Waals surface area contributed by atoms with Gasteiger partial charge in [0.15, 0.2) is 12.6 Å². The van der Waals surface area contributed by atoms with Crippen LogP contribution in [0.4, 0.5) is 0 Å². The SMILES string of the molecule is CC/C=C\C/C=C\C/C=C\C/C=C\C/C=C\C/C=C\C/C=C\C/C=C\C/C=C\C/C=C\CCCCCCCCC(=O)NC(COC1OC(CO)C(OC2OC(CO)C(O)C(O)C2O)C(O)C1O)C(O)CCCCCCCCCCCCCCCCCCCCCCCCCCCCCCCCC. The number of amides is 1. The second-order valence-electron chi connectivity index (χ2n) is 28.9. The molecule has 1 amide bonds. The molecule has 14 nitrogen and oxygen atoms in total. The van der Waals surface area contributed by atoms with E-state index in [2.05, 4.69) is 141 Å². The number of ether oxygens (including phenoxy) is 4. The van der Waals surface area contributed by atoms with E-state index < -0.39 is 86.8 Å². The Morgan fingerprint density at radius 2 is 0.676 bits per heavy atom. The summed E-state index contributed by atoms with van der Waals surface area (Å²) in [4.78, 5) is 13.4. The number of carbonyl (C=O) groups is 1. The molecular weight excluding hydrogens is 1280 g/mol. The first-order valence-electron chi connectivity index (χ1n) is 41.8. The van der Waals surface area contributed by atoms with Gasteiger partial charge in [0.1, 0.15) is 48.8 Å². The number of hydrogen-bond acceptors (Lipinski definition) is 13. The number of unbranched alkanes of at least 4 members (excludes halogenated alkanes) is 36. The summed E-state index contributed by atoms with van der Waals surface area (Å²) in [5.74, 6) is -0.222. The summed E-state index contributed by atoms with van der Waals surface area (Å²) >= 11 is 0. The Morgan fingerprint density at radius 1 is 0.363 bits per heavy atom. The first-order chi connectivity index (χ1) is 50.1. The zero-order chi connectivity index (χ0) is 73.7. The maximum Gasteiger partial charge on any atom is 0.220 e. The van der Waals surface area contributed by atoms with Crippen LogP contribution in [0.2, 0.25) is 0 Å². The van der Waals surface area contributed by atoms with Crippen molar-refractivity contribution in [1.82, 2.24) is 5.32 Å². The zero-order valence-electron chi connectivity index (χ0n) is 64.6. The highest BCUT2D eigenvalue weighted by Crippen LogP contribution is 2.30. The van der Waals surface area contributed by atoms with E-state index >= 15 is 0 Å². The van der Waals surface area contributed by atoms with E-state index in [4.69, 9.17) is 18.9 Å². The third kappa shape index (κ3) is 52.4. The van der Waals surface area contributed by atoms with Gasteiger partial charge in [0.25, 0.3) is 0 Å². The Bertz CT molecular complexity index is 2180. The van der Waals surface area contributed by atoms with Gasteiger partial charge in [-0.1, -0.05) is 360 Å². The second kappa shape index (κ2) is 70.4. The molecule has 12 atom stereocenters. The van der Waals surface area contributed by atoms with Crippen molar-refractivity contribution in [3.8, 4) is 0 Å². The molecule has 14 heteroatoms. The summed E-state index contributed by atoms with van der Waals surface area (Å²) in [6.07, 6.45) is 86.6. The molecule has 0 aromatic heterocycles. The predicted molar refractivity (Wildman–Crippen MR) is 424 cm³/mol. The summed E-state index contributed by atoms with van der Waals surface area (Å²) in [5, 5.41) is 87.9. The summed E-state index contributed by atoms with van der Waals surface area (Å²) < 4.78 is 23.0. The lowest BCUT2D eigenvalue weighted by molar-refractivity contribution is -0.359. The summed E-state index contributed by atoms with van der Waals surface area (Å²) in [6, 6.07) is -0.848. The van der Waals surface area contributed by atoms with Crippen molar-refractivity contribution < 1.29 is 64.6 Å². The number of nitrogens with one attached hydrogen (secondary N) is 1. The van der Waals surface area contributed by atoms with Crippen LogP contribution in [-0.4, -0.2) is 140 Å². The molecule has 0 aromatic carbocycles. The monoisotopic (exact) mass is 1430 g/mol. The van der Waals surface area contributed by atoms with Gasteiger partial charge in [0, 0.05) is 6.42 Å². The predicted octanol–water partition coefficient (Wildman–Crippen LogP) is 19.6. The van der Waals surface area contributed by atoms with Crippen molar-refractivity contribution in [2.75, 3.05) is 19.8 Å². The lowest BCUT2D eigenvalue weighted by Gasteiger charge is -2.46. The molecule has 0 saturated carbocycles. The quantitative estimate of drug-likeness (QED) is 0.0204. The van der Waals surface area contributed by atoms with Crippen molar-refractivity contribution in [3.05, 3.63) is 122 Å². The summed E-state index contributed by atoms with van der Waals surface area (Å²) in [5.41, 5.74) is 0. The molecule has 0 radical (unpaired) electrons. The highest BCUT2D eigenvalue weighted by atomic mass is 16.7. The van der Waals surface area contributed by atoms with Crippen molar-refractivity contribution in [2.45, 2.75) is 408 Å². The van der Waals surface area contributed by atoms with Gasteiger partial charge in [-0.25, -0.2) is 0 Å². The van der Waals surface area contributed by atoms with Gasteiger partial charge >= 0.3 is 0 Å². The van der Waals surface area contributed by atoms with Crippen molar-refractivity contribution in [1.29, 1.82) is 0 Å². The van der Waals surface area contributed by atoms with Crippen LogP contribution < -0.4 is 5.32 Å². The van der Waals surface area contributed by atoms with Crippen LogP contribution >= 0.6 is 0 Å². The molecular formula is C88H153NO13. The molecule has 0 bridgehead atoms. The molecule has 0 aromatic rings. The van der Waals surface area contributed by atoms with Crippen molar-refractivity contribution >= 4 is 5.91 Å². The van der Waals surface area contributed by atoms with E-state index in [0.717, 1.165) is 128 Å². The van der Waals surface area contributed by atoms with E-state index in [9.17, 15) is 45.6 Å². The van der Waals surface area contributed by atoms with Crippen LogP contribution in [0.5, 0.6) is 0 Å². The minimum absolute atomic E-state index is 0.222. The maximum absolute atomic E-state index is 13.4. The van der Waals surface area contributed by atoms with E-state index in [-0.39, 0.29) is 18.9 Å². The maximum atomic E-state index is 13.4. The molecule has 0 aliphatic carbocycles. The van der Waals surface area contributed by atoms with Crippen LogP contribution in [0.15, 0.2) is 122 Å². The molecule has 2 rings (SSSR count). The van der Waals surface area contributed by atoms with Crippen molar-refractivity contribution in [3.63, 3.8) is 0 Å². The number of rotatable bonds is 69. The molecule has 2 aliphatic rings. The smallest absolute Gasteiger partial charge is 0.220 e. The third-order valence-electron chi connectivity index (χ3n) is 19.7. The Hall–Kier alpha value is -3.61. The lowest BCUT2D eigenvalue weighted by Crippen LogP contribution is -2.65. The Kier molecular flexibility index (Phi) is 65.2. The average Bonchev–Trinajstić information content (AvgIpc) is 0.790. The molecule has 102 heavy (non-hydrogen) atoms. The largest absolute Gasteiger partial charge is 0.394 e. The molecule has 2 heterocycles. The number of allylic oxidation sites excluding steroid dienone is 20. The van der Waals surface area contributed by atoms with Crippen LogP contribution in [0, 0.1) is 0 Å². The first-order valence-corrected chi connectivity index (χ1v) is 41.8. The van der Waals surface area contributed by atoms with Gasteiger partial charge in [-0.05, 0) is 89.9 Å². The molecule has 2 fully saturated rings. The van der Waals surface area contributed by atoms with Crippen LogP contribution in [0.3, 0.4) is 0 Å². The Balaban J connectivity index is 1.62. The number of aliphatic hydroxyl groups is 8. The standard InChI is InChI=1S/C88H153NO13/c1-3-5-7-9-11-13-15-17-19-21-23-25-27-29-31-33-35-36-37-38-39-40-42-44-46-48-50-52-54-56-58-60-62-64-66-68-70-72-80(93)89-76(75-99-87-85(98)83(96)86(79(74-91)101-87)102-88-84(97)82(95)81(94)78(73-90)100-88)77(92)71-69-67-65-63-61-59-57-55-53-51-49-47-45-43-41-34-32-30-28-26-24-22-20-18-16-14-12-10-8-6-4-2/h5,7,11,13,17,19,23,25,29,31,35-36,38-39,42,44,48,50,54,56,76-79,81-88,90-92,94-98H,3-4,6,8-10,12,14-16,18,20-22,24,26-28,30,32-34,37,40-41,43,45-47,49,51-53,55,57-75H2,1-2H3,(H,89,93)/b7-5-,13-11-,19-17-,25-23-,31-29-,36-35-,39-38-,44-42-,50-48-,56-54-. The van der Waals surface area contributed by atoms with E-state index in [0.29, 0.717) is 12.8 Å². The first kappa shape index (κ1) is 94.5. The lowest BCUT2D eigenvalue weighted by atomic mass is 9.97. The van der Waals surface area contributed by atoms with Gasteiger partial charge < -0.3 is 65.1 Å². The minimum atomic E-state index is -1.79. The minimum Gasteiger partial charge on any atom is -0.394 e. The zero-order valence-corrected chi connectivity index (χ0v) is 64.6. The van der Waals surface area contributed by atoms with Crippen LogP contribution in [-0.2, 0) is 23.7 Å². The number of aliphatic hydroxyl groups excluding tert-OH is 8. The molecule has 9 N–H and O–H groups in total. The van der Waals surface area contributed by atoms with Crippen molar-refractivity contribution in [2.24, 2.45) is 0 Å². The van der Waals surface area contributed by atoms with Gasteiger partial charge in [0.05, 0.1) is 32.0 Å². The summed E-state index contributed by atoms with van der Waals surface area (Å²) in [6.45, 7) is 2.78. The molecule has 12 unspecified atom stereocenters. The fraction of sp³-hybridized carbons (Fsp3) is 0.761. The Morgan fingerprint density at radius 3 is 1.04 bits per heavy atom. The Labute approximate surface area is 622 Å². The van der Waals surface area contributed by atoms with Gasteiger partial charge in [-0.3, -0.25) is 4.79 Å². The molecule has 2 aliphatic heterocycles. The topological polar surface area (TPSA) is 228 Å². The van der Waals surface area contributed by atoms with Gasteiger partial charge in [0.2, 0.25) is 5.91 Å². The summed E-state index contributed by atoms with van der Waals surface area (Å²) in [7, 11) is 0. The van der Waals surface area contributed by atoms with Crippen LogP contribution in [0.1, 0.15) is 335 Å². The second-order valence-corrected chi connectivity index (χ2v) is 28.9. The van der Waals surface area contributed by atoms with Crippen LogP contribution in [0.25, 0.3) is 0 Å². The number of hydrogen-bond donors (Lipinski definition) is 9. The van der Waals surface area contributed by atoms with E-state index in [1.165, 1.54) is 173 Å². The van der Waals surface area contributed by atoms with E-state index in [1.807, 2.05) is 0 Å². The number of carbonyl (C=O) groups excluding carboxylic acids is 1. The normalized spacial score (nSPS) is 22.3.